The summed E-state index contributed by atoms with van der Waals surface area (Å²) in [5, 5.41) is 12.1. The molecule has 2 unspecified atom stereocenters. The lowest BCUT2D eigenvalue weighted by Crippen LogP contribution is -2.26. The number of hydrogen-bond acceptors (Lipinski definition) is 3. The number of hydrogen-bond donors (Lipinski definition) is 1. The van der Waals surface area contributed by atoms with Gasteiger partial charge in [-0.15, -0.1) is 10.2 Å². The first-order valence-corrected chi connectivity index (χ1v) is 8.05. The van der Waals surface area contributed by atoms with Gasteiger partial charge in [-0.05, 0) is 30.4 Å². The van der Waals surface area contributed by atoms with Crippen LogP contribution < -0.4 is 5.32 Å². The zero-order chi connectivity index (χ0) is 15.1. The number of rotatable bonds is 4. The highest BCUT2D eigenvalue weighted by Crippen LogP contribution is 2.49. The summed E-state index contributed by atoms with van der Waals surface area (Å²) in [6, 6.07) is 7.76. The van der Waals surface area contributed by atoms with Gasteiger partial charge in [-0.1, -0.05) is 29.8 Å². The van der Waals surface area contributed by atoms with Crippen molar-refractivity contribution in [1.29, 1.82) is 0 Å². The molecule has 1 aromatic heterocycles. The minimum Gasteiger partial charge on any atom is -0.349 e. The minimum atomic E-state index is 0.0286. The number of carbonyl (C=O) groups excluding carboxylic acids is 1. The van der Waals surface area contributed by atoms with Crippen molar-refractivity contribution in [2.24, 2.45) is 5.92 Å². The second-order valence-electron chi connectivity index (χ2n) is 5.98. The maximum absolute atomic E-state index is 12.3. The van der Waals surface area contributed by atoms with E-state index in [9.17, 15) is 4.79 Å². The average Bonchev–Trinajstić information content (AvgIpc) is 3.00. The molecule has 0 radical (unpaired) electrons. The molecule has 0 saturated heterocycles. The summed E-state index contributed by atoms with van der Waals surface area (Å²) in [7, 11) is 0. The van der Waals surface area contributed by atoms with Gasteiger partial charge in [-0.3, -0.25) is 4.79 Å². The number of benzene rings is 1. The number of halogens is 1. The smallest absolute Gasteiger partial charge is 0.224 e. The second-order valence-corrected chi connectivity index (χ2v) is 6.38. The predicted octanol–water partition coefficient (Wildman–Crippen LogP) is 2.30. The van der Waals surface area contributed by atoms with Crippen molar-refractivity contribution in [3.63, 3.8) is 0 Å². The molecule has 4 rings (SSSR count). The Hall–Kier alpha value is -1.88. The monoisotopic (exact) mass is 316 g/mol. The van der Waals surface area contributed by atoms with Crippen molar-refractivity contribution in [3.8, 4) is 0 Å². The van der Waals surface area contributed by atoms with E-state index in [1.165, 1.54) is 0 Å². The Labute approximate surface area is 133 Å². The summed E-state index contributed by atoms with van der Waals surface area (Å²) in [5.74, 6) is 2.25. The van der Waals surface area contributed by atoms with Crippen molar-refractivity contribution in [2.75, 3.05) is 0 Å². The zero-order valence-corrected chi connectivity index (χ0v) is 12.9. The van der Waals surface area contributed by atoms with Crippen molar-refractivity contribution >= 4 is 17.5 Å². The summed E-state index contributed by atoms with van der Waals surface area (Å²) in [5.41, 5.74) is 1.08. The summed E-state index contributed by atoms with van der Waals surface area (Å²) < 4.78 is 2.11. The summed E-state index contributed by atoms with van der Waals surface area (Å²) in [6.07, 6.45) is 2.97. The molecule has 1 aliphatic carbocycles. The standard InChI is InChI=1S/C16H17ClN4O/c17-13-5-2-1-4-10(13)11-8-12(11)16(22)18-9-15-20-19-14-6-3-7-21(14)15/h1-2,4-5,11-12H,3,6-9H2,(H,18,22). The van der Waals surface area contributed by atoms with Gasteiger partial charge in [0.05, 0.1) is 6.54 Å². The molecular weight excluding hydrogens is 300 g/mol. The van der Waals surface area contributed by atoms with E-state index >= 15 is 0 Å². The summed E-state index contributed by atoms with van der Waals surface area (Å²) >= 11 is 6.20. The molecule has 1 amide bonds. The lowest BCUT2D eigenvalue weighted by atomic mass is 10.1. The fourth-order valence-corrected chi connectivity index (χ4v) is 3.52. The van der Waals surface area contributed by atoms with E-state index in [1.807, 2.05) is 24.3 Å². The van der Waals surface area contributed by atoms with E-state index in [1.54, 1.807) is 0 Å². The van der Waals surface area contributed by atoms with Crippen LogP contribution in [0.3, 0.4) is 0 Å². The third kappa shape index (κ3) is 2.39. The molecule has 1 fully saturated rings. The zero-order valence-electron chi connectivity index (χ0n) is 12.1. The minimum absolute atomic E-state index is 0.0286. The fourth-order valence-electron chi connectivity index (χ4n) is 3.24. The van der Waals surface area contributed by atoms with Crippen molar-refractivity contribution < 1.29 is 4.79 Å². The molecule has 1 aliphatic heterocycles. The third-order valence-corrected chi connectivity index (χ3v) is 4.88. The molecule has 0 spiro atoms. The van der Waals surface area contributed by atoms with Gasteiger partial charge in [-0.2, -0.15) is 0 Å². The second kappa shape index (κ2) is 5.39. The lowest BCUT2D eigenvalue weighted by molar-refractivity contribution is -0.122. The Bertz CT molecular complexity index is 727. The van der Waals surface area contributed by atoms with E-state index in [2.05, 4.69) is 20.1 Å². The number of fused-ring (bicyclic) bond motifs is 1. The Morgan fingerprint density at radius 2 is 2.23 bits per heavy atom. The van der Waals surface area contributed by atoms with Crippen LogP contribution in [-0.2, 0) is 24.3 Å². The SMILES string of the molecule is O=C(NCc1nnc2n1CCC2)C1CC1c1ccccc1Cl. The predicted molar refractivity (Wildman–Crippen MR) is 82.5 cm³/mol. The molecule has 114 valence electrons. The van der Waals surface area contributed by atoms with Crippen LogP contribution in [0.1, 0.15) is 36.0 Å². The van der Waals surface area contributed by atoms with Gasteiger partial charge in [0.2, 0.25) is 5.91 Å². The maximum Gasteiger partial charge on any atom is 0.224 e. The first-order chi connectivity index (χ1) is 10.7. The third-order valence-electron chi connectivity index (χ3n) is 4.54. The molecule has 1 N–H and O–H groups in total. The maximum atomic E-state index is 12.3. The van der Waals surface area contributed by atoms with E-state index in [-0.39, 0.29) is 17.7 Å². The van der Waals surface area contributed by atoms with Crippen LogP contribution in [0.15, 0.2) is 24.3 Å². The van der Waals surface area contributed by atoms with Crippen LogP contribution in [-0.4, -0.2) is 20.7 Å². The molecule has 2 aromatic rings. The Balaban J connectivity index is 1.37. The van der Waals surface area contributed by atoms with Crippen LogP contribution in [0.25, 0.3) is 0 Å². The highest BCUT2D eigenvalue weighted by Gasteiger charge is 2.44. The molecule has 2 aliphatic rings. The molecule has 1 saturated carbocycles. The Kier molecular flexibility index (Phi) is 3.37. The van der Waals surface area contributed by atoms with Crippen LogP contribution in [0.4, 0.5) is 0 Å². The van der Waals surface area contributed by atoms with Crippen LogP contribution in [0.5, 0.6) is 0 Å². The molecule has 1 aromatic carbocycles. The van der Waals surface area contributed by atoms with Crippen molar-refractivity contribution in [1.82, 2.24) is 20.1 Å². The molecule has 5 nitrogen and oxygen atoms in total. The number of nitrogens with one attached hydrogen (secondary N) is 1. The van der Waals surface area contributed by atoms with Crippen LogP contribution >= 0.6 is 11.6 Å². The van der Waals surface area contributed by atoms with E-state index in [0.717, 1.165) is 48.0 Å². The van der Waals surface area contributed by atoms with Gasteiger partial charge in [-0.25, -0.2) is 0 Å². The van der Waals surface area contributed by atoms with Gasteiger partial charge >= 0.3 is 0 Å². The Morgan fingerprint density at radius 3 is 3.09 bits per heavy atom. The van der Waals surface area contributed by atoms with E-state index in [4.69, 9.17) is 11.6 Å². The van der Waals surface area contributed by atoms with Gasteiger partial charge in [0, 0.05) is 23.9 Å². The first kappa shape index (κ1) is 13.8. The number of carbonyl (C=O) groups is 1. The van der Waals surface area contributed by atoms with E-state index < -0.39 is 0 Å². The van der Waals surface area contributed by atoms with Gasteiger partial charge in [0.25, 0.3) is 0 Å². The highest BCUT2D eigenvalue weighted by atomic mass is 35.5. The number of amides is 1. The number of aryl methyl sites for hydroxylation is 1. The highest BCUT2D eigenvalue weighted by molar-refractivity contribution is 6.31. The fraction of sp³-hybridized carbons (Fsp3) is 0.438. The number of aromatic nitrogens is 3. The quantitative estimate of drug-likeness (QED) is 0.941. The summed E-state index contributed by atoms with van der Waals surface area (Å²) in [6.45, 7) is 1.41. The van der Waals surface area contributed by atoms with Gasteiger partial charge in [0.15, 0.2) is 5.82 Å². The molecule has 2 atom stereocenters. The Morgan fingerprint density at radius 1 is 1.36 bits per heavy atom. The van der Waals surface area contributed by atoms with E-state index in [0.29, 0.717) is 6.54 Å². The summed E-state index contributed by atoms with van der Waals surface area (Å²) in [4.78, 5) is 12.3. The van der Waals surface area contributed by atoms with Crippen LogP contribution in [0, 0.1) is 5.92 Å². The molecule has 6 heteroatoms. The molecule has 0 bridgehead atoms. The molecular formula is C16H17ClN4O. The largest absolute Gasteiger partial charge is 0.349 e. The first-order valence-electron chi connectivity index (χ1n) is 7.67. The van der Waals surface area contributed by atoms with Gasteiger partial charge in [0.1, 0.15) is 5.82 Å². The topological polar surface area (TPSA) is 59.8 Å². The molecule has 2 heterocycles. The van der Waals surface area contributed by atoms with Crippen LogP contribution in [0.2, 0.25) is 5.02 Å². The lowest BCUT2D eigenvalue weighted by Gasteiger charge is -2.06. The average molecular weight is 317 g/mol. The van der Waals surface area contributed by atoms with Crippen molar-refractivity contribution in [2.45, 2.75) is 38.3 Å². The normalized spacial score (nSPS) is 22.4. The molecule has 22 heavy (non-hydrogen) atoms. The van der Waals surface area contributed by atoms with Crippen molar-refractivity contribution in [3.05, 3.63) is 46.5 Å². The van der Waals surface area contributed by atoms with Gasteiger partial charge < -0.3 is 9.88 Å². The number of nitrogens with zero attached hydrogens (tertiary/aromatic N) is 3.